The number of carbonyl (C=O) groups excluding carboxylic acids is 1. The number of aromatic nitrogens is 2. The number of hydrazine groups is 1. The highest BCUT2D eigenvalue weighted by Gasteiger charge is 2.23. The second-order valence-corrected chi connectivity index (χ2v) is 4.05. The molecule has 1 aromatic carbocycles. The first-order valence-corrected chi connectivity index (χ1v) is 6.04. The van der Waals surface area contributed by atoms with Gasteiger partial charge in [-0.15, -0.1) is 0 Å². The highest BCUT2D eigenvalue weighted by atomic mass is 19.1. The van der Waals surface area contributed by atoms with Crippen LogP contribution >= 0.6 is 0 Å². The Bertz CT molecular complexity index is 623. The average Bonchev–Trinajstić information content (AvgIpc) is 2.54. The Morgan fingerprint density at radius 2 is 2.10 bits per heavy atom. The van der Waals surface area contributed by atoms with Crippen molar-refractivity contribution in [3.63, 3.8) is 0 Å². The van der Waals surface area contributed by atoms with E-state index >= 15 is 0 Å². The van der Waals surface area contributed by atoms with Crippen LogP contribution in [-0.4, -0.2) is 23.0 Å². The van der Waals surface area contributed by atoms with Gasteiger partial charge in [-0.25, -0.2) is 20.0 Å². The van der Waals surface area contributed by atoms with E-state index in [0.29, 0.717) is 5.56 Å². The molecule has 0 aliphatic rings. The van der Waals surface area contributed by atoms with E-state index in [1.165, 1.54) is 7.11 Å². The maximum Gasteiger partial charge on any atom is 0.333 e. The van der Waals surface area contributed by atoms with Gasteiger partial charge in [0.15, 0.2) is 17.7 Å². The molecule has 2 aromatic rings. The van der Waals surface area contributed by atoms with E-state index in [1.807, 2.05) is 0 Å². The first kappa shape index (κ1) is 14.7. The van der Waals surface area contributed by atoms with Crippen LogP contribution < -0.4 is 16.6 Å². The standard InChI is InChI=1S/C13H14FN5O2/c1-21-12(20)10(8-5-3-2-4-6-8)17-11-9(14)7-16-13(18-11)19-15/h2-7,10H,15H2,1H3,(H2,16,17,18,19). The molecule has 110 valence electrons. The van der Waals surface area contributed by atoms with Crippen molar-refractivity contribution in [2.24, 2.45) is 5.84 Å². The van der Waals surface area contributed by atoms with E-state index in [0.717, 1.165) is 6.20 Å². The number of hydrogen-bond donors (Lipinski definition) is 3. The minimum absolute atomic E-state index is 0.0237. The smallest absolute Gasteiger partial charge is 0.333 e. The first-order chi connectivity index (χ1) is 10.2. The van der Waals surface area contributed by atoms with Crippen molar-refractivity contribution in [1.82, 2.24) is 9.97 Å². The van der Waals surface area contributed by atoms with E-state index in [2.05, 4.69) is 20.7 Å². The summed E-state index contributed by atoms with van der Waals surface area (Å²) in [5.74, 6) is 3.77. The van der Waals surface area contributed by atoms with Crippen LogP contribution in [0.5, 0.6) is 0 Å². The first-order valence-electron chi connectivity index (χ1n) is 6.04. The Labute approximate surface area is 120 Å². The largest absolute Gasteiger partial charge is 0.467 e. The van der Waals surface area contributed by atoms with Crippen LogP contribution in [-0.2, 0) is 9.53 Å². The third-order valence-corrected chi connectivity index (χ3v) is 2.72. The van der Waals surface area contributed by atoms with Gasteiger partial charge in [-0.3, -0.25) is 5.43 Å². The molecule has 1 heterocycles. The fourth-order valence-corrected chi connectivity index (χ4v) is 1.72. The van der Waals surface area contributed by atoms with Gasteiger partial charge < -0.3 is 10.1 Å². The van der Waals surface area contributed by atoms with Crippen molar-refractivity contribution in [2.45, 2.75) is 6.04 Å². The number of benzene rings is 1. The number of nitrogen functional groups attached to an aromatic ring is 1. The molecule has 0 fully saturated rings. The van der Waals surface area contributed by atoms with Crippen molar-refractivity contribution < 1.29 is 13.9 Å². The zero-order valence-corrected chi connectivity index (χ0v) is 11.2. The molecule has 0 aliphatic carbocycles. The monoisotopic (exact) mass is 291 g/mol. The van der Waals surface area contributed by atoms with Crippen LogP contribution in [0.4, 0.5) is 16.2 Å². The van der Waals surface area contributed by atoms with Crippen molar-refractivity contribution in [2.75, 3.05) is 17.9 Å². The summed E-state index contributed by atoms with van der Waals surface area (Å²) in [6.07, 6.45) is 0.948. The Balaban J connectivity index is 2.34. The molecule has 0 saturated carbocycles. The second-order valence-electron chi connectivity index (χ2n) is 4.05. The highest BCUT2D eigenvalue weighted by molar-refractivity contribution is 5.80. The molecular formula is C13H14FN5O2. The van der Waals surface area contributed by atoms with Gasteiger partial charge in [-0.2, -0.15) is 4.98 Å². The highest BCUT2D eigenvalue weighted by Crippen LogP contribution is 2.21. The van der Waals surface area contributed by atoms with Crippen LogP contribution in [0.2, 0.25) is 0 Å². The van der Waals surface area contributed by atoms with Crippen LogP contribution in [0, 0.1) is 5.82 Å². The summed E-state index contributed by atoms with van der Waals surface area (Å²) in [4.78, 5) is 19.3. The Kier molecular flexibility index (Phi) is 4.62. The maximum absolute atomic E-state index is 13.7. The van der Waals surface area contributed by atoms with Gasteiger partial charge in [-0.1, -0.05) is 30.3 Å². The predicted octanol–water partition coefficient (Wildman–Crippen LogP) is 1.23. The molecule has 7 nitrogen and oxygen atoms in total. The SMILES string of the molecule is COC(=O)C(Nc1nc(NN)ncc1F)c1ccccc1. The molecular weight excluding hydrogens is 277 g/mol. The van der Waals surface area contributed by atoms with E-state index in [-0.39, 0.29) is 11.8 Å². The lowest BCUT2D eigenvalue weighted by molar-refractivity contribution is -0.141. The van der Waals surface area contributed by atoms with Gasteiger partial charge in [0.25, 0.3) is 0 Å². The number of nitrogens with one attached hydrogen (secondary N) is 2. The van der Waals surface area contributed by atoms with Crippen LogP contribution in [0.3, 0.4) is 0 Å². The molecule has 8 heteroatoms. The van der Waals surface area contributed by atoms with Crippen LogP contribution in [0.25, 0.3) is 0 Å². The third kappa shape index (κ3) is 3.42. The molecule has 21 heavy (non-hydrogen) atoms. The summed E-state index contributed by atoms with van der Waals surface area (Å²) >= 11 is 0. The van der Waals surface area contributed by atoms with Gasteiger partial charge in [0.1, 0.15) is 0 Å². The molecule has 0 radical (unpaired) electrons. The number of hydrogen-bond acceptors (Lipinski definition) is 7. The zero-order chi connectivity index (χ0) is 15.2. The lowest BCUT2D eigenvalue weighted by atomic mass is 10.1. The summed E-state index contributed by atoms with van der Waals surface area (Å²) in [6.45, 7) is 0. The van der Waals surface area contributed by atoms with Crippen LogP contribution in [0.15, 0.2) is 36.5 Å². The number of ether oxygens (including phenoxy) is 1. The molecule has 1 unspecified atom stereocenters. The lowest BCUT2D eigenvalue weighted by Crippen LogP contribution is -2.24. The Morgan fingerprint density at radius 1 is 1.38 bits per heavy atom. The van der Waals surface area contributed by atoms with E-state index < -0.39 is 17.8 Å². The quantitative estimate of drug-likeness (QED) is 0.432. The molecule has 2 rings (SSSR count). The number of carbonyl (C=O) groups is 1. The average molecular weight is 291 g/mol. The Hall–Kier alpha value is -2.74. The molecule has 1 atom stereocenters. The summed E-state index contributed by atoms with van der Waals surface area (Å²) < 4.78 is 18.5. The lowest BCUT2D eigenvalue weighted by Gasteiger charge is -2.17. The summed E-state index contributed by atoms with van der Waals surface area (Å²) in [5, 5.41) is 2.69. The molecule has 0 saturated heterocycles. The van der Waals surface area contributed by atoms with Crippen LogP contribution in [0.1, 0.15) is 11.6 Å². The van der Waals surface area contributed by atoms with Crippen molar-refractivity contribution in [1.29, 1.82) is 0 Å². The van der Waals surface area contributed by atoms with Gasteiger partial charge in [-0.05, 0) is 5.56 Å². The minimum atomic E-state index is -0.897. The topological polar surface area (TPSA) is 102 Å². The van der Waals surface area contributed by atoms with E-state index in [4.69, 9.17) is 10.6 Å². The molecule has 0 bridgehead atoms. The second kappa shape index (κ2) is 6.62. The van der Waals surface area contributed by atoms with Gasteiger partial charge >= 0.3 is 5.97 Å². The van der Waals surface area contributed by atoms with Gasteiger partial charge in [0.2, 0.25) is 5.95 Å². The molecule has 4 N–H and O–H groups in total. The number of halogens is 1. The molecule has 0 spiro atoms. The van der Waals surface area contributed by atoms with E-state index in [1.54, 1.807) is 30.3 Å². The zero-order valence-electron chi connectivity index (χ0n) is 11.2. The van der Waals surface area contributed by atoms with Crippen molar-refractivity contribution in [3.05, 3.63) is 47.9 Å². The van der Waals surface area contributed by atoms with E-state index in [9.17, 15) is 9.18 Å². The number of esters is 1. The van der Waals surface area contributed by atoms with Gasteiger partial charge in [0.05, 0.1) is 13.3 Å². The summed E-state index contributed by atoms with van der Waals surface area (Å²) in [5.41, 5.74) is 2.82. The summed E-state index contributed by atoms with van der Waals surface area (Å²) in [7, 11) is 1.25. The summed E-state index contributed by atoms with van der Waals surface area (Å²) in [6, 6.07) is 7.86. The van der Waals surface area contributed by atoms with Gasteiger partial charge in [0, 0.05) is 0 Å². The number of anilines is 2. The molecule has 1 aromatic heterocycles. The number of nitrogens with two attached hydrogens (primary N) is 1. The number of methoxy groups -OCH3 is 1. The number of rotatable bonds is 5. The fraction of sp³-hybridized carbons (Fsp3) is 0.154. The van der Waals surface area contributed by atoms with Crippen molar-refractivity contribution >= 4 is 17.7 Å². The molecule has 0 amide bonds. The Morgan fingerprint density at radius 3 is 2.71 bits per heavy atom. The number of nitrogens with zero attached hydrogens (tertiary/aromatic N) is 2. The predicted molar refractivity (Wildman–Crippen MR) is 74.6 cm³/mol. The fourth-order valence-electron chi connectivity index (χ4n) is 1.72. The minimum Gasteiger partial charge on any atom is -0.467 e. The van der Waals surface area contributed by atoms with Crippen molar-refractivity contribution in [3.8, 4) is 0 Å². The molecule has 0 aliphatic heterocycles. The normalized spacial score (nSPS) is 11.6. The maximum atomic E-state index is 13.7. The third-order valence-electron chi connectivity index (χ3n) is 2.72.